The first-order valence-electron chi connectivity index (χ1n) is 7.99. The smallest absolute Gasteiger partial charge is 0.265 e. The molecule has 4 rings (SSSR count). The maximum Gasteiger partial charge on any atom is 0.265 e. The molecule has 0 aliphatic carbocycles. The van der Waals surface area contributed by atoms with Crippen LogP contribution in [0.1, 0.15) is 5.76 Å². The second-order valence-corrected chi connectivity index (χ2v) is 5.54. The summed E-state index contributed by atoms with van der Waals surface area (Å²) in [7, 11) is 0. The Morgan fingerprint density at radius 2 is 2.04 bits per heavy atom. The number of fused-ring (bicyclic) bond motifs is 1. The Morgan fingerprint density at radius 1 is 1.19 bits per heavy atom. The van der Waals surface area contributed by atoms with E-state index in [0.29, 0.717) is 22.4 Å². The van der Waals surface area contributed by atoms with Crippen molar-refractivity contribution in [2.24, 2.45) is 0 Å². The van der Waals surface area contributed by atoms with Crippen molar-refractivity contribution >= 4 is 17.0 Å². The molecule has 0 aliphatic rings. The third-order valence-corrected chi connectivity index (χ3v) is 3.74. The average Bonchev–Trinajstić information content (AvgIpc) is 3.35. The van der Waals surface area contributed by atoms with E-state index in [1.54, 1.807) is 24.3 Å². The first kappa shape index (κ1) is 16.7. The van der Waals surface area contributed by atoms with Crippen LogP contribution in [0.2, 0.25) is 0 Å². The summed E-state index contributed by atoms with van der Waals surface area (Å²) in [5, 5.41) is 7.03. The second kappa shape index (κ2) is 7.24. The fraction of sp³-hybridized carbons (Fsp3) is 0.111. The van der Waals surface area contributed by atoms with Gasteiger partial charge in [0.25, 0.3) is 11.6 Å². The molecular formula is C18H13FN4O4. The van der Waals surface area contributed by atoms with E-state index in [0.717, 1.165) is 0 Å². The van der Waals surface area contributed by atoms with Crippen molar-refractivity contribution in [3.05, 3.63) is 60.6 Å². The van der Waals surface area contributed by atoms with Gasteiger partial charge in [-0.05, 0) is 36.4 Å². The molecule has 3 aromatic heterocycles. The fourth-order valence-electron chi connectivity index (χ4n) is 2.46. The van der Waals surface area contributed by atoms with Crippen LogP contribution in [0.25, 0.3) is 22.4 Å². The van der Waals surface area contributed by atoms with Gasteiger partial charge in [0, 0.05) is 5.56 Å². The third-order valence-electron chi connectivity index (χ3n) is 3.74. The third kappa shape index (κ3) is 3.61. The number of halogens is 1. The second-order valence-electron chi connectivity index (χ2n) is 5.54. The van der Waals surface area contributed by atoms with Crippen LogP contribution in [0, 0.1) is 5.82 Å². The minimum absolute atomic E-state index is 0.147. The summed E-state index contributed by atoms with van der Waals surface area (Å²) in [6.07, 6.45) is 2.77. The van der Waals surface area contributed by atoms with Crippen LogP contribution in [0.4, 0.5) is 4.39 Å². The van der Waals surface area contributed by atoms with Crippen LogP contribution in [-0.2, 0) is 11.3 Å². The zero-order chi connectivity index (χ0) is 18.6. The first-order chi connectivity index (χ1) is 13.2. The highest BCUT2D eigenvalue weighted by Crippen LogP contribution is 2.32. The van der Waals surface area contributed by atoms with Gasteiger partial charge < -0.3 is 19.0 Å². The van der Waals surface area contributed by atoms with E-state index in [1.165, 1.54) is 24.7 Å². The highest BCUT2D eigenvalue weighted by molar-refractivity contribution is 5.93. The lowest BCUT2D eigenvalue weighted by Gasteiger charge is -2.07. The van der Waals surface area contributed by atoms with Gasteiger partial charge in [-0.3, -0.25) is 4.79 Å². The molecule has 0 atom stereocenters. The highest BCUT2D eigenvalue weighted by Gasteiger charge is 2.18. The van der Waals surface area contributed by atoms with Crippen LogP contribution < -0.4 is 10.1 Å². The lowest BCUT2D eigenvalue weighted by Crippen LogP contribution is -2.28. The molecule has 0 saturated heterocycles. The number of nitrogens with one attached hydrogen (secondary N) is 1. The van der Waals surface area contributed by atoms with Crippen LogP contribution in [0.15, 0.2) is 57.9 Å². The Labute approximate surface area is 152 Å². The van der Waals surface area contributed by atoms with E-state index in [1.807, 2.05) is 0 Å². The summed E-state index contributed by atoms with van der Waals surface area (Å²) < 4.78 is 29.0. The van der Waals surface area contributed by atoms with Gasteiger partial charge in [0.15, 0.2) is 6.61 Å². The Hall–Kier alpha value is -3.75. The minimum Gasteiger partial charge on any atom is -0.467 e. The molecule has 0 bridgehead atoms. The number of nitrogens with zero attached hydrogens (tertiary/aromatic N) is 3. The SMILES string of the molecule is O=C(COc1ncnc2onc(-c3ccc(F)cc3)c12)NCc1ccco1. The van der Waals surface area contributed by atoms with Gasteiger partial charge in [-0.15, -0.1) is 0 Å². The largest absolute Gasteiger partial charge is 0.467 e. The molecule has 3 heterocycles. The molecule has 1 aromatic carbocycles. The molecule has 0 spiro atoms. The predicted molar refractivity (Wildman–Crippen MR) is 91.0 cm³/mol. The van der Waals surface area contributed by atoms with Crippen LogP contribution in [-0.4, -0.2) is 27.6 Å². The number of amides is 1. The normalized spacial score (nSPS) is 10.9. The summed E-state index contributed by atoms with van der Waals surface area (Å²) in [4.78, 5) is 20.0. The molecule has 9 heteroatoms. The van der Waals surface area contributed by atoms with Crippen molar-refractivity contribution in [3.63, 3.8) is 0 Å². The summed E-state index contributed by atoms with van der Waals surface area (Å²) in [6, 6.07) is 9.21. The molecule has 0 radical (unpaired) electrons. The highest BCUT2D eigenvalue weighted by atomic mass is 19.1. The minimum atomic E-state index is -0.368. The Bertz CT molecular complexity index is 1060. The van der Waals surface area contributed by atoms with Gasteiger partial charge in [-0.2, -0.15) is 4.98 Å². The first-order valence-corrected chi connectivity index (χ1v) is 7.99. The van der Waals surface area contributed by atoms with Crippen LogP contribution >= 0.6 is 0 Å². The molecule has 4 aromatic rings. The number of rotatable bonds is 6. The van der Waals surface area contributed by atoms with Crippen molar-refractivity contribution in [2.75, 3.05) is 6.61 Å². The number of benzene rings is 1. The van der Waals surface area contributed by atoms with E-state index in [2.05, 4.69) is 20.4 Å². The molecule has 27 heavy (non-hydrogen) atoms. The summed E-state index contributed by atoms with van der Waals surface area (Å²) in [5.41, 5.74) is 1.21. The maximum absolute atomic E-state index is 13.2. The summed E-state index contributed by atoms with van der Waals surface area (Å²) >= 11 is 0. The quantitative estimate of drug-likeness (QED) is 0.558. The lowest BCUT2D eigenvalue weighted by molar-refractivity contribution is -0.123. The molecule has 1 amide bonds. The number of aromatic nitrogens is 3. The van der Waals surface area contributed by atoms with E-state index in [9.17, 15) is 9.18 Å². The summed E-state index contributed by atoms with van der Waals surface area (Å²) in [6.45, 7) is -0.0106. The van der Waals surface area contributed by atoms with Crippen molar-refractivity contribution < 1.29 is 22.9 Å². The van der Waals surface area contributed by atoms with Crippen LogP contribution in [0.5, 0.6) is 5.88 Å². The van der Waals surface area contributed by atoms with E-state index in [4.69, 9.17) is 13.7 Å². The number of hydrogen-bond acceptors (Lipinski definition) is 7. The number of carbonyl (C=O) groups excluding carboxylic acids is 1. The fourth-order valence-corrected chi connectivity index (χ4v) is 2.46. The molecular weight excluding hydrogens is 355 g/mol. The molecule has 8 nitrogen and oxygen atoms in total. The maximum atomic E-state index is 13.2. The van der Waals surface area contributed by atoms with Crippen molar-refractivity contribution in [2.45, 2.75) is 6.54 Å². The van der Waals surface area contributed by atoms with Gasteiger partial charge in [-0.1, -0.05) is 5.16 Å². The molecule has 0 fully saturated rings. The topological polar surface area (TPSA) is 103 Å². The molecule has 0 saturated carbocycles. The number of carbonyl (C=O) groups is 1. The Kier molecular flexibility index (Phi) is 4.48. The standard InChI is InChI=1S/C18H13FN4O4/c19-12-5-3-11(4-6-12)16-15-17(21-10-22-18(15)27-23-16)26-9-14(24)20-8-13-2-1-7-25-13/h1-7,10H,8-9H2,(H,20,24). The molecule has 0 unspecified atom stereocenters. The molecule has 0 aliphatic heterocycles. The van der Waals surface area contributed by atoms with E-state index in [-0.39, 0.29) is 36.5 Å². The van der Waals surface area contributed by atoms with Crippen molar-refractivity contribution in [1.82, 2.24) is 20.4 Å². The van der Waals surface area contributed by atoms with Gasteiger partial charge in [-0.25, -0.2) is 9.37 Å². The summed E-state index contributed by atoms with van der Waals surface area (Å²) in [5.74, 6) is 0.0598. The van der Waals surface area contributed by atoms with Crippen molar-refractivity contribution in [1.29, 1.82) is 0 Å². The van der Waals surface area contributed by atoms with Gasteiger partial charge in [0.2, 0.25) is 5.88 Å². The lowest BCUT2D eigenvalue weighted by atomic mass is 10.1. The van der Waals surface area contributed by atoms with E-state index >= 15 is 0 Å². The van der Waals surface area contributed by atoms with Gasteiger partial charge in [0.05, 0.1) is 12.8 Å². The van der Waals surface area contributed by atoms with Gasteiger partial charge in [0.1, 0.15) is 29.0 Å². The van der Waals surface area contributed by atoms with E-state index < -0.39 is 0 Å². The zero-order valence-corrected chi connectivity index (χ0v) is 13.9. The van der Waals surface area contributed by atoms with Gasteiger partial charge >= 0.3 is 0 Å². The predicted octanol–water partition coefficient (Wildman–Crippen LogP) is 2.71. The Balaban J connectivity index is 1.52. The number of ether oxygens (including phenoxy) is 1. The van der Waals surface area contributed by atoms with Crippen LogP contribution in [0.3, 0.4) is 0 Å². The molecule has 1 N–H and O–H groups in total. The number of hydrogen-bond donors (Lipinski definition) is 1. The average molecular weight is 368 g/mol. The number of furan rings is 1. The molecule has 136 valence electrons. The Morgan fingerprint density at radius 3 is 2.81 bits per heavy atom. The van der Waals surface area contributed by atoms with Crippen molar-refractivity contribution in [3.8, 4) is 17.1 Å². The monoisotopic (exact) mass is 368 g/mol. The zero-order valence-electron chi connectivity index (χ0n) is 13.9.